The third-order valence-electron chi connectivity index (χ3n) is 3.02. The molecular weight excluding hydrogens is 200 g/mol. The van der Waals surface area contributed by atoms with Gasteiger partial charge >= 0.3 is 0 Å². The predicted molar refractivity (Wildman–Crippen MR) is 71.2 cm³/mol. The zero-order chi connectivity index (χ0) is 12.2. The lowest BCUT2D eigenvalue weighted by Crippen LogP contribution is -2.38. The minimum absolute atomic E-state index is 0.464. The fourth-order valence-corrected chi connectivity index (χ4v) is 1.88. The highest BCUT2D eigenvalue weighted by Crippen LogP contribution is 2.07. The Morgan fingerprint density at radius 2 is 1.62 bits per heavy atom. The smallest absolute Gasteiger partial charge is 0.00911 e. The van der Waals surface area contributed by atoms with Crippen molar-refractivity contribution in [2.24, 2.45) is 23.1 Å². The molecule has 1 atom stereocenters. The van der Waals surface area contributed by atoms with E-state index in [2.05, 4.69) is 12.2 Å². The van der Waals surface area contributed by atoms with Crippen LogP contribution >= 0.6 is 0 Å². The van der Waals surface area contributed by atoms with Gasteiger partial charge in [-0.25, -0.2) is 0 Å². The summed E-state index contributed by atoms with van der Waals surface area (Å²) in [6.07, 6.45) is 5.73. The molecule has 0 rings (SSSR count). The lowest BCUT2D eigenvalue weighted by molar-refractivity contribution is 0.383. The van der Waals surface area contributed by atoms with Gasteiger partial charge in [0.15, 0.2) is 0 Å². The van der Waals surface area contributed by atoms with Crippen LogP contribution < -0.4 is 22.5 Å². The van der Waals surface area contributed by atoms with E-state index in [-0.39, 0.29) is 0 Å². The largest absolute Gasteiger partial charge is 0.330 e. The SMILES string of the molecule is CCCCC(CN)CNC(CCN)CCN. The lowest BCUT2D eigenvalue weighted by atomic mass is 10.0. The molecule has 0 aromatic carbocycles. The molecule has 0 bridgehead atoms. The molecule has 0 heterocycles. The molecule has 98 valence electrons. The molecule has 1 unspecified atom stereocenters. The van der Waals surface area contributed by atoms with Crippen LogP contribution in [0.15, 0.2) is 0 Å². The van der Waals surface area contributed by atoms with Gasteiger partial charge in [-0.05, 0) is 51.4 Å². The second-order valence-corrected chi connectivity index (χ2v) is 4.50. The molecule has 16 heavy (non-hydrogen) atoms. The Labute approximate surface area is 100 Å². The number of hydrogen-bond acceptors (Lipinski definition) is 4. The van der Waals surface area contributed by atoms with Gasteiger partial charge in [0.1, 0.15) is 0 Å². The van der Waals surface area contributed by atoms with Crippen LogP contribution in [0.5, 0.6) is 0 Å². The van der Waals surface area contributed by atoms with E-state index < -0.39 is 0 Å². The zero-order valence-electron chi connectivity index (χ0n) is 10.8. The second-order valence-electron chi connectivity index (χ2n) is 4.50. The number of unbranched alkanes of at least 4 members (excludes halogenated alkanes) is 1. The topological polar surface area (TPSA) is 90.1 Å². The molecule has 0 fully saturated rings. The fraction of sp³-hybridized carbons (Fsp3) is 1.00. The van der Waals surface area contributed by atoms with Crippen molar-refractivity contribution >= 4 is 0 Å². The maximum atomic E-state index is 5.76. The molecule has 0 aromatic rings. The van der Waals surface area contributed by atoms with Crippen LogP contribution in [-0.2, 0) is 0 Å². The van der Waals surface area contributed by atoms with Crippen LogP contribution in [0, 0.1) is 5.92 Å². The van der Waals surface area contributed by atoms with E-state index in [1.54, 1.807) is 0 Å². The van der Waals surface area contributed by atoms with Crippen molar-refractivity contribution in [1.29, 1.82) is 0 Å². The first-order valence-electron chi connectivity index (χ1n) is 6.62. The maximum Gasteiger partial charge on any atom is 0.00911 e. The number of hydrogen-bond donors (Lipinski definition) is 4. The molecule has 7 N–H and O–H groups in total. The van der Waals surface area contributed by atoms with Gasteiger partial charge in [0.25, 0.3) is 0 Å². The van der Waals surface area contributed by atoms with Gasteiger partial charge in [-0.1, -0.05) is 19.8 Å². The van der Waals surface area contributed by atoms with Gasteiger partial charge in [-0.15, -0.1) is 0 Å². The summed E-state index contributed by atoms with van der Waals surface area (Å²) < 4.78 is 0. The zero-order valence-corrected chi connectivity index (χ0v) is 10.8. The van der Waals surface area contributed by atoms with Crippen molar-refractivity contribution in [2.75, 3.05) is 26.2 Å². The third-order valence-corrected chi connectivity index (χ3v) is 3.02. The number of rotatable bonds is 11. The van der Waals surface area contributed by atoms with Crippen molar-refractivity contribution in [3.8, 4) is 0 Å². The summed E-state index contributed by atoms with van der Waals surface area (Å²) in [6.45, 7) is 5.43. The summed E-state index contributed by atoms with van der Waals surface area (Å²) >= 11 is 0. The van der Waals surface area contributed by atoms with Crippen molar-refractivity contribution in [1.82, 2.24) is 5.32 Å². The summed E-state index contributed by atoms with van der Waals surface area (Å²) in [5.74, 6) is 0.595. The molecule has 0 spiro atoms. The molecule has 0 aliphatic rings. The average Bonchev–Trinajstić information content (AvgIpc) is 2.30. The average molecular weight is 230 g/mol. The van der Waals surface area contributed by atoms with Gasteiger partial charge in [-0.2, -0.15) is 0 Å². The summed E-state index contributed by atoms with van der Waals surface area (Å²) in [7, 11) is 0. The Kier molecular flexibility index (Phi) is 11.2. The molecule has 4 nitrogen and oxygen atoms in total. The molecule has 0 aromatic heterocycles. The Morgan fingerprint density at radius 3 is 2.06 bits per heavy atom. The highest BCUT2D eigenvalue weighted by atomic mass is 14.9. The third kappa shape index (κ3) is 8.05. The fourth-order valence-electron chi connectivity index (χ4n) is 1.88. The van der Waals surface area contributed by atoms with Gasteiger partial charge in [-0.3, -0.25) is 0 Å². The quantitative estimate of drug-likeness (QED) is 0.414. The summed E-state index contributed by atoms with van der Waals surface area (Å²) in [5, 5.41) is 3.54. The predicted octanol–water partition coefficient (Wildman–Crippen LogP) is 0.407. The van der Waals surface area contributed by atoms with Crippen molar-refractivity contribution in [2.45, 2.75) is 45.1 Å². The van der Waals surface area contributed by atoms with Crippen LogP contribution in [0.4, 0.5) is 0 Å². The van der Waals surface area contributed by atoms with E-state index >= 15 is 0 Å². The number of nitrogens with one attached hydrogen (secondary N) is 1. The van der Waals surface area contributed by atoms with E-state index in [1.807, 2.05) is 0 Å². The van der Waals surface area contributed by atoms with Gasteiger partial charge < -0.3 is 22.5 Å². The van der Waals surface area contributed by atoms with E-state index in [9.17, 15) is 0 Å². The normalized spacial score (nSPS) is 13.3. The Hall–Kier alpha value is -0.160. The van der Waals surface area contributed by atoms with E-state index in [0.29, 0.717) is 12.0 Å². The molecule has 4 heteroatoms. The molecule has 0 amide bonds. The second kappa shape index (κ2) is 11.3. The lowest BCUT2D eigenvalue weighted by Gasteiger charge is -2.21. The standard InChI is InChI=1S/C12H30N4/c1-2-3-4-11(9-15)10-16-12(5-7-13)6-8-14/h11-12,16H,2-10,13-15H2,1H3. The highest BCUT2D eigenvalue weighted by Gasteiger charge is 2.10. The highest BCUT2D eigenvalue weighted by molar-refractivity contribution is 4.71. The molecule has 0 aliphatic carbocycles. The summed E-state index contributed by atoms with van der Waals surface area (Å²) in [5.41, 5.74) is 16.9. The Morgan fingerprint density at radius 1 is 1.00 bits per heavy atom. The molecule has 0 saturated heterocycles. The van der Waals surface area contributed by atoms with Crippen molar-refractivity contribution < 1.29 is 0 Å². The molecule has 0 aliphatic heterocycles. The van der Waals surface area contributed by atoms with Gasteiger partial charge in [0.2, 0.25) is 0 Å². The van der Waals surface area contributed by atoms with E-state index in [4.69, 9.17) is 17.2 Å². The van der Waals surface area contributed by atoms with Crippen molar-refractivity contribution in [3.63, 3.8) is 0 Å². The Balaban J connectivity index is 3.76. The Bertz CT molecular complexity index is 135. The molecule has 0 radical (unpaired) electrons. The minimum atomic E-state index is 0.464. The van der Waals surface area contributed by atoms with Crippen molar-refractivity contribution in [3.05, 3.63) is 0 Å². The van der Waals surface area contributed by atoms with Crippen LogP contribution in [0.2, 0.25) is 0 Å². The first-order chi connectivity index (χ1) is 7.78. The van der Waals surface area contributed by atoms with Crippen LogP contribution in [0.1, 0.15) is 39.0 Å². The summed E-state index contributed by atoms with van der Waals surface area (Å²) in [6, 6.07) is 0.464. The molecular formula is C12H30N4. The maximum absolute atomic E-state index is 5.76. The minimum Gasteiger partial charge on any atom is -0.330 e. The van der Waals surface area contributed by atoms with Crippen LogP contribution in [0.3, 0.4) is 0 Å². The molecule has 0 saturated carbocycles. The monoisotopic (exact) mass is 230 g/mol. The van der Waals surface area contributed by atoms with Gasteiger partial charge in [0, 0.05) is 6.04 Å². The number of nitrogens with two attached hydrogens (primary N) is 3. The summed E-state index contributed by atoms with van der Waals surface area (Å²) in [4.78, 5) is 0. The van der Waals surface area contributed by atoms with Crippen LogP contribution in [0.25, 0.3) is 0 Å². The first-order valence-corrected chi connectivity index (χ1v) is 6.62. The first kappa shape index (κ1) is 15.8. The van der Waals surface area contributed by atoms with E-state index in [0.717, 1.165) is 39.0 Å². The van der Waals surface area contributed by atoms with Crippen LogP contribution in [-0.4, -0.2) is 32.2 Å². The van der Waals surface area contributed by atoms with Gasteiger partial charge in [0.05, 0.1) is 0 Å². The van der Waals surface area contributed by atoms with E-state index in [1.165, 1.54) is 19.3 Å².